The van der Waals surface area contributed by atoms with Gasteiger partial charge in [-0.15, -0.1) is 0 Å². The van der Waals surface area contributed by atoms with E-state index in [4.69, 9.17) is 4.42 Å². The van der Waals surface area contributed by atoms with E-state index in [2.05, 4.69) is 25.3 Å². The number of rotatable bonds is 7. The van der Waals surface area contributed by atoms with Crippen molar-refractivity contribution in [3.05, 3.63) is 49.5 Å². The predicted octanol–water partition coefficient (Wildman–Crippen LogP) is 1.61. The molecule has 1 fully saturated rings. The maximum Gasteiger partial charge on any atom is 0.275 e. The number of nitrogens with one attached hydrogen (secondary N) is 1. The highest BCUT2D eigenvalue weighted by atomic mass is 16.3. The molecule has 9 heteroatoms. The summed E-state index contributed by atoms with van der Waals surface area (Å²) in [6.07, 6.45) is 11.6. The van der Waals surface area contributed by atoms with E-state index in [0.717, 1.165) is 18.7 Å². The van der Waals surface area contributed by atoms with Crippen molar-refractivity contribution in [2.75, 3.05) is 18.9 Å². The summed E-state index contributed by atoms with van der Waals surface area (Å²) in [7, 11) is 1.80. The lowest BCUT2D eigenvalue weighted by molar-refractivity contribution is 0.0716. The Labute approximate surface area is 150 Å². The van der Waals surface area contributed by atoms with Crippen LogP contribution in [-0.4, -0.2) is 54.9 Å². The van der Waals surface area contributed by atoms with Crippen molar-refractivity contribution in [2.24, 2.45) is 5.92 Å². The lowest BCUT2D eigenvalue weighted by atomic mass is 10.1. The summed E-state index contributed by atoms with van der Waals surface area (Å²) >= 11 is 0. The van der Waals surface area contributed by atoms with Gasteiger partial charge in [0.1, 0.15) is 30.6 Å². The van der Waals surface area contributed by atoms with Crippen LogP contribution in [0.25, 0.3) is 5.82 Å². The second-order valence-electron chi connectivity index (χ2n) is 6.31. The molecule has 0 radical (unpaired) electrons. The lowest BCUT2D eigenvalue weighted by Gasteiger charge is -2.28. The number of likely N-dealkylation sites (N-methyl/N-ethyl adjacent to an activating group) is 1. The Hall–Kier alpha value is -3.23. The van der Waals surface area contributed by atoms with Crippen LogP contribution in [0, 0.1) is 5.92 Å². The van der Waals surface area contributed by atoms with Gasteiger partial charge in [-0.05, 0) is 18.8 Å². The number of imidazole rings is 1. The SMILES string of the molecule is CN(C(=O)c1cocn1)C(CNc1cc(-n2ccnc2)ncn1)C1CC1. The Bertz CT molecular complexity index is 859. The minimum Gasteiger partial charge on any atom is -0.451 e. The van der Waals surface area contributed by atoms with Crippen LogP contribution in [0.2, 0.25) is 0 Å². The van der Waals surface area contributed by atoms with E-state index in [-0.39, 0.29) is 11.9 Å². The van der Waals surface area contributed by atoms with Crippen molar-refractivity contribution in [2.45, 2.75) is 18.9 Å². The quantitative estimate of drug-likeness (QED) is 0.688. The fourth-order valence-corrected chi connectivity index (χ4v) is 2.94. The van der Waals surface area contributed by atoms with Gasteiger partial charge in [0.15, 0.2) is 12.1 Å². The van der Waals surface area contributed by atoms with Crippen LogP contribution in [0.5, 0.6) is 0 Å². The number of oxazole rings is 1. The third-order valence-corrected chi connectivity index (χ3v) is 4.55. The summed E-state index contributed by atoms with van der Waals surface area (Å²) in [6.45, 7) is 0.602. The van der Waals surface area contributed by atoms with Crippen molar-refractivity contribution in [3.8, 4) is 5.82 Å². The van der Waals surface area contributed by atoms with Crippen molar-refractivity contribution in [3.63, 3.8) is 0 Å². The summed E-state index contributed by atoms with van der Waals surface area (Å²) in [4.78, 5) is 30.8. The van der Waals surface area contributed by atoms with Gasteiger partial charge in [-0.1, -0.05) is 0 Å². The van der Waals surface area contributed by atoms with E-state index < -0.39 is 0 Å². The zero-order valence-electron chi connectivity index (χ0n) is 14.3. The Morgan fingerprint density at radius 2 is 2.31 bits per heavy atom. The second kappa shape index (κ2) is 6.95. The number of hydrogen-bond donors (Lipinski definition) is 1. The third-order valence-electron chi connectivity index (χ3n) is 4.55. The zero-order valence-corrected chi connectivity index (χ0v) is 14.3. The minimum absolute atomic E-state index is 0.0610. The highest BCUT2D eigenvalue weighted by Gasteiger charge is 2.36. The van der Waals surface area contributed by atoms with Gasteiger partial charge in [0.25, 0.3) is 5.91 Å². The van der Waals surface area contributed by atoms with Gasteiger partial charge in [-0.25, -0.2) is 19.9 Å². The molecule has 0 aliphatic heterocycles. The number of nitrogens with zero attached hydrogens (tertiary/aromatic N) is 6. The molecule has 1 saturated carbocycles. The molecule has 0 bridgehead atoms. The molecule has 1 amide bonds. The molecule has 1 N–H and O–H groups in total. The van der Waals surface area contributed by atoms with E-state index in [1.165, 1.54) is 19.0 Å². The average molecular weight is 353 g/mol. The van der Waals surface area contributed by atoms with Gasteiger partial charge in [-0.2, -0.15) is 0 Å². The van der Waals surface area contributed by atoms with E-state index in [9.17, 15) is 4.79 Å². The lowest BCUT2D eigenvalue weighted by Crippen LogP contribution is -2.43. The average Bonchev–Trinajstić information content (AvgIpc) is 3.15. The molecule has 4 rings (SSSR count). The molecule has 1 unspecified atom stereocenters. The number of anilines is 1. The summed E-state index contributed by atoms with van der Waals surface area (Å²) in [5.41, 5.74) is 0.322. The molecule has 134 valence electrons. The van der Waals surface area contributed by atoms with Crippen LogP contribution in [0.3, 0.4) is 0 Å². The van der Waals surface area contributed by atoms with Gasteiger partial charge in [-0.3, -0.25) is 9.36 Å². The summed E-state index contributed by atoms with van der Waals surface area (Å²) in [6, 6.07) is 1.91. The molecule has 0 spiro atoms. The van der Waals surface area contributed by atoms with Crippen molar-refractivity contribution in [1.29, 1.82) is 0 Å². The first kappa shape index (κ1) is 16.2. The Balaban J connectivity index is 1.45. The van der Waals surface area contributed by atoms with Gasteiger partial charge in [0.2, 0.25) is 0 Å². The second-order valence-corrected chi connectivity index (χ2v) is 6.31. The van der Waals surface area contributed by atoms with Crippen LogP contribution < -0.4 is 5.32 Å². The molecular formula is C17H19N7O2. The van der Waals surface area contributed by atoms with Crippen LogP contribution in [0.1, 0.15) is 23.3 Å². The first-order valence-electron chi connectivity index (χ1n) is 8.42. The van der Waals surface area contributed by atoms with Gasteiger partial charge >= 0.3 is 0 Å². The molecule has 0 saturated heterocycles. The summed E-state index contributed by atoms with van der Waals surface area (Å²) < 4.78 is 6.73. The predicted molar refractivity (Wildman–Crippen MR) is 92.8 cm³/mol. The van der Waals surface area contributed by atoms with Gasteiger partial charge < -0.3 is 14.6 Å². The molecule has 1 aliphatic carbocycles. The molecule has 0 aromatic carbocycles. The fourth-order valence-electron chi connectivity index (χ4n) is 2.94. The number of aromatic nitrogens is 5. The van der Waals surface area contributed by atoms with E-state index in [0.29, 0.717) is 24.0 Å². The summed E-state index contributed by atoms with van der Waals surface area (Å²) in [5, 5.41) is 3.33. The maximum atomic E-state index is 12.5. The van der Waals surface area contributed by atoms with Crippen molar-refractivity contribution >= 4 is 11.7 Å². The van der Waals surface area contributed by atoms with Gasteiger partial charge in [0, 0.05) is 32.1 Å². The Kier molecular flexibility index (Phi) is 4.34. The van der Waals surface area contributed by atoms with E-state index in [1.54, 1.807) is 24.5 Å². The Morgan fingerprint density at radius 3 is 3.00 bits per heavy atom. The molecule has 3 heterocycles. The first-order chi connectivity index (χ1) is 12.7. The topological polar surface area (TPSA) is 102 Å². The van der Waals surface area contributed by atoms with Crippen LogP contribution in [-0.2, 0) is 0 Å². The van der Waals surface area contributed by atoms with Crippen molar-refractivity contribution < 1.29 is 9.21 Å². The highest BCUT2D eigenvalue weighted by molar-refractivity contribution is 5.92. The number of carbonyl (C=O) groups excluding carboxylic acids is 1. The normalized spacial score (nSPS) is 14.8. The highest BCUT2D eigenvalue weighted by Crippen LogP contribution is 2.35. The van der Waals surface area contributed by atoms with E-state index >= 15 is 0 Å². The molecule has 3 aromatic rings. The van der Waals surface area contributed by atoms with Crippen LogP contribution >= 0.6 is 0 Å². The van der Waals surface area contributed by atoms with E-state index in [1.807, 2.05) is 16.8 Å². The minimum atomic E-state index is -0.140. The summed E-state index contributed by atoms with van der Waals surface area (Å²) in [5.74, 6) is 1.78. The molecule has 26 heavy (non-hydrogen) atoms. The first-order valence-corrected chi connectivity index (χ1v) is 8.42. The molecule has 1 aliphatic rings. The number of hydrogen-bond acceptors (Lipinski definition) is 7. The van der Waals surface area contributed by atoms with Crippen molar-refractivity contribution in [1.82, 2.24) is 29.4 Å². The molecular weight excluding hydrogens is 334 g/mol. The zero-order chi connectivity index (χ0) is 17.9. The Morgan fingerprint density at radius 1 is 1.42 bits per heavy atom. The van der Waals surface area contributed by atoms with Crippen LogP contribution in [0.4, 0.5) is 5.82 Å². The maximum absolute atomic E-state index is 12.5. The van der Waals surface area contributed by atoms with Crippen LogP contribution in [0.15, 0.2) is 48.2 Å². The standard InChI is InChI=1S/C17H19N7O2/c1-23(17(25)13-8-26-11-22-13)14(12-2-3-12)7-19-15-6-16(21-9-20-15)24-5-4-18-10-24/h4-6,8-12,14H,2-3,7H2,1H3,(H,19,20,21). The van der Waals surface area contributed by atoms with Gasteiger partial charge in [0.05, 0.1) is 6.04 Å². The largest absolute Gasteiger partial charge is 0.451 e. The molecule has 1 atom stereocenters. The monoisotopic (exact) mass is 353 g/mol. The number of carbonyl (C=O) groups is 1. The smallest absolute Gasteiger partial charge is 0.275 e. The third kappa shape index (κ3) is 3.41. The number of amides is 1. The molecule has 9 nitrogen and oxygen atoms in total. The fraction of sp³-hybridized carbons (Fsp3) is 0.353. The molecule has 3 aromatic heterocycles.